The molecule has 5 nitrogen and oxygen atoms in total. The molecular formula is C19H24N2O3. The summed E-state index contributed by atoms with van der Waals surface area (Å²) in [6, 6.07) is 13.6. The molecule has 0 saturated carbocycles. The molecule has 2 aromatic carbocycles. The maximum absolute atomic E-state index is 11.8. The molecule has 24 heavy (non-hydrogen) atoms. The van der Waals surface area contributed by atoms with Crippen LogP contribution in [0.5, 0.6) is 11.5 Å². The fourth-order valence-electron chi connectivity index (χ4n) is 2.29. The Labute approximate surface area is 143 Å². The number of amides is 2. The zero-order valence-electron chi connectivity index (χ0n) is 14.4. The molecule has 2 N–H and O–H groups in total. The van der Waals surface area contributed by atoms with Gasteiger partial charge in [-0.2, -0.15) is 0 Å². The normalized spacial score (nSPS) is 10.1. The molecule has 0 aliphatic rings. The lowest BCUT2D eigenvalue weighted by Crippen LogP contribution is -2.37. The van der Waals surface area contributed by atoms with Crippen molar-refractivity contribution < 1.29 is 14.3 Å². The molecule has 2 rings (SSSR count). The minimum atomic E-state index is -0.212. The molecule has 0 aliphatic heterocycles. The first kappa shape index (κ1) is 17.7. The predicted octanol–water partition coefficient (Wildman–Crippen LogP) is 3.19. The number of nitrogens with one attached hydrogen (secondary N) is 2. The van der Waals surface area contributed by atoms with E-state index in [4.69, 9.17) is 9.47 Å². The molecule has 0 heterocycles. The number of carbonyl (C=O) groups is 1. The number of rotatable bonds is 7. The molecule has 0 radical (unpaired) electrons. The standard InChI is InChI=1S/C19H24N2O3/c1-14-5-4-6-16(11-14)13-21-19(22)20-9-10-24-17-8-7-15(2)12-18(17)23-3/h4-8,11-12H,9-10,13H2,1-3H3,(H2,20,21,22). The lowest BCUT2D eigenvalue weighted by atomic mass is 10.1. The smallest absolute Gasteiger partial charge is 0.315 e. The van der Waals surface area contributed by atoms with E-state index in [0.717, 1.165) is 11.1 Å². The van der Waals surface area contributed by atoms with Crippen molar-refractivity contribution in [3.05, 3.63) is 59.2 Å². The lowest BCUT2D eigenvalue weighted by Gasteiger charge is -2.12. The third-order valence-electron chi connectivity index (χ3n) is 3.50. The number of carbonyl (C=O) groups excluding carboxylic acids is 1. The Morgan fingerprint density at radius 2 is 1.79 bits per heavy atom. The largest absolute Gasteiger partial charge is 0.493 e. The topological polar surface area (TPSA) is 59.6 Å². The summed E-state index contributed by atoms with van der Waals surface area (Å²) in [7, 11) is 1.61. The zero-order chi connectivity index (χ0) is 17.4. The van der Waals surface area contributed by atoms with Crippen molar-refractivity contribution in [2.24, 2.45) is 0 Å². The highest BCUT2D eigenvalue weighted by Crippen LogP contribution is 2.27. The Bertz CT molecular complexity index is 686. The number of hydrogen-bond acceptors (Lipinski definition) is 3. The van der Waals surface area contributed by atoms with Crippen LogP contribution < -0.4 is 20.1 Å². The van der Waals surface area contributed by atoms with Gasteiger partial charge in [-0.1, -0.05) is 35.9 Å². The Morgan fingerprint density at radius 3 is 2.54 bits per heavy atom. The molecule has 0 bridgehead atoms. The third-order valence-corrected chi connectivity index (χ3v) is 3.50. The number of urea groups is 1. The molecule has 0 fully saturated rings. The molecule has 5 heteroatoms. The minimum Gasteiger partial charge on any atom is -0.493 e. The molecule has 0 spiro atoms. The van der Waals surface area contributed by atoms with Crippen molar-refractivity contribution in [2.75, 3.05) is 20.3 Å². The van der Waals surface area contributed by atoms with E-state index in [2.05, 4.69) is 10.6 Å². The van der Waals surface area contributed by atoms with Crippen molar-refractivity contribution in [1.29, 1.82) is 0 Å². The summed E-state index contributed by atoms with van der Waals surface area (Å²) in [4.78, 5) is 11.8. The van der Waals surface area contributed by atoms with Crippen LogP contribution in [0.3, 0.4) is 0 Å². The maximum Gasteiger partial charge on any atom is 0.315 e. The highest BCUT2D eigenvalue weighted by molar-refractivity contribution is 5.73. The zero-order valence-corrected chi connectivity index (χ0v) is 14.4. The van der Waals surface area contributed by atoms with E-state index in [0.29, 0.717) is 31.2 Å². The Kier molecular flexibility index (Phi) is 6.49. The molecule has 128 valence electrons. The van der Waals surface area contributed by atoms with E-state index < -0.39 is 0 Å². The Hall–Kier alpha value is -2.69. The van der Waals surface area contributed by atoms with Gasteiger partial charge in [-0.15, -0.1) is 0 Å². The second kappa shape index (κ2) is 8.82. The molecule has 0 aliphatic carbocycles. The van der Waals surface area contributed by atoms with Gasteiger partial charge in [0.15, 0.2) is 11.5 Å². The Balaban J connectivity index is 1.69. The van der Waals surface area contributed by atoms with Crippen LogP contribution >= 0.6 is 0 Å². The Morgan fingerprint density at radius 1 is 1.00 bits per heavy atom. The fraction of sp³-hybridized carbons (Fsp3) is 0.316. The summed E-state index contributed by atoms with van der Waals surface area (Å²) in [6.45, 7) is 5.31. The third kappa shape index (κ3) is 5.50. The van der Waals surface area contributed by atoms with E-state index >= 15 is 0 Å². The van der Waals surface area contributed by atoms with E-state index in [9.17, 15) is 4.79 Å². The SMILES string of the molecule is COc1cc(C)ccc1OCCNC(=O)NCc1cccc(C)c1. The van der Waals surface area contributed by atoms with Crippen molar-refractivity contribution in [3.8, 4) is 11.5 Å². The number of methoxy groups -OCH3 is 1. The van der Waals surface area contributed by atoms with Gasteiger partial charge in [0.05, 0.1) is 13.7 Å². The first-order chi connectivity index (χ1) is 11.6. The molecule has 2 amide bonds. The van der Waals surface area contributed by atoms with Crippen LogP contribution in [0.15, 0.2) is 42.5 Å². The van der Waals surface area contributed by atoms with Gasteiger partial charge < -0.3 is 20.1 Å². The van der Waals surface area contributed by atoms with Crippen molar-refractivity contribution >= 4 is 6.03 Å². The van der Waals surface area contributed by atoms with Gasteiger partial charge >= 0.3 is 6.03 Å². The maximum atomic E-state index is 11.8. The van der Waals surface area contributed by atoms with Gasteiger partial charge in [0, 0.05) is 6.54 Å². The number of benzene rings is 2. The summed E-state index contributed by atoms with van der Waals surface area (Å²) in [5.74, 6) is 1.36. The molecule has 0 unspecified atom stereocenters. The highest BCUT2D eigenvalue weighted by atomic mass is 16.5. The summed E-state index contributed by atoms with van der Waals surface area (Å²) >= 11 is 0. The summed E-state index contributed by atoms with van der Waals surface area (Å²) in [6.07, 6.45) is 0. The van der Waals surface area contributed by atoms with Crippen molar-refractivity contribution in [2.45, 2.75) is 20.4 Å². The van der Waals surface area contributed by atoms with Crippen LogP contribution in [0.25, 0.3) is 0 Å². The number of ether oxygens (including phenoxy) is 2. The van der Waals surface area contributed by atoms with Crippen molar-refractivity contribution in [1.82, 2.24) is 10.6 Å². The monoisotopic (exact) mass is 328 g/mol. The van der Waals surface area contributed by atoms with Crippen LogP contribution in [-0.4, -0.2) is 26.3 Å². The van der Waals surface area contributed by atoms with Crippen LogP contribution in [0.4, 0.5) is 4.79 Å². The van der Waals surface area contributed by atoms with E-state index in [1.54, 1.807) is 7.11 Å². The van der Waals surface area contributed by atoms with Gasteiger partial charge in [-0.3, -0.25) is 0 Å². The predicted molar refractivity (Wildman–Crippen MR) is 94.6 cm³/mol. The quantitative estimate of drug-likeness (QED) is 0.768. The van der Waals surface area contributed by atoms with E-state index in [1.807, 2.05) is 56.3 Å². The fourth-order valence-corrected chi connectivity index (χ4v) is 2.29. The average Bonchev–Trinajstić information content (AvgIpc) is 2.58. The first-order valence-corrected chi connectivity index (χ1v) is 7.93. The van der Waals surface area contributed by atoms with Gasteiger partial charge in [0.1, 0.15) is 6.61 Å². The van der Waals surface area contributed by atoms with Gasteiger partial charge in [-0.25, -0.2) is 4.79 Å². The minimum absolute atomic E-state index is 0.212. The second-order valence-corrected chi connectivity index (χ2v) is 5.60. The molecule has 0 aromatic heterocycles. The lowest BCUT2D eigenvalue weighted by molar-refractivity contribution is 0.235. The number of aryl methyl sites for hydroxylation is 2. The van der Waals surface area contributed by atoms with E-state index in [1.165, 1.54) is 5.56 Å². The van der Waals surface area contributed by atoms with Crippen molar-refractivity contribution in [3.63, 3.8) is 0 Å². The molecule has 0 saturated heterocycles. The van der Waals surface area contributed by atoms with Crippen LogP contribution in [-0.2, 0) is 6.54 Å². The summed E-state index contributed by atoms with van der Waals surface area (Å²) in [5.41, 5.74) is 3.36. The number of hydrogen-bond donors (Lipinski definition) is 2. The van der Waals surface area contributed by atoms with Crippen LogP contribution in [0.1, 0.15) is 16.7 Å². The summed E-state index contributed by atoms with van der Waals surface area (Å²) < 4.78 is 10.9. The summed E-state index contributed by atoms with van der Waals surface area (Å²) in [5, 5.41) is 5.60. The highest BCUT2D eigenvalue weighted by Gasteiger charge is 2.05. The average molecular weight is 328 g/mol. The molecule has 2 aromatic rings. The first-order valence-electron chi connectivity index (χ1n) is 7.93. The van der Waals surface area contributed by atoms with Gasteiger partial charge in [0.2, 0.25) is 0 Å². The molecule has 0 atom stereocenters. The van der Waals surface area contributed by atoms with Gasteiger partial charge in [0.25, 0.3) is 0 Å². The van der Waals surface area contributed by atoms with Crippen LogP contribution in [0.2, 0.25) is 0 Å². The molecular weight excluding hydrogens is 304 g/mol. The van der Waals surface area contributed by atoms with Crippen LogP contribution in [0, 0.1) is 13.8 Å². The van der Waals surface area contributed by atoms with Gasteiger partial charge in [-0.05, 0) is 37.1 Å². The second-order valence-electron chi connectivity index (χ2n) is 5.60. The van der Waals surface area contributed by atoms with E-state index in [-0.39, 0.29) is 6.03 Å².